The maximum atomic E-state index is 10.7. The van der Waals surface area contributed by atoms with E-state index in [1.807, 2.05) is 6.92 Å². The van der Waals surface area contributed by atoms with E-state index in [4.69, 9.17) is 23.8 Å². The van der Waals surface area contributed by atoms with Gasteiger partial charge in [-0.2, -0.15) is 5.10 Å². The molecule has 1 rings (SSSR count). The molecule has 1 aromatic carbocycles. The molecule has 1 aromatic rings. The van der Waals surface area contributed by atoms with E-state index in [1.54, 1.807) is 6.07 Å². The second-order valence-corrected chi connectivity index (χ2v) is 4.01. The smallest absolute Gasteiger partial charge is 0.288 e. The molecule has 0 saturated carbocycles. The molecule has 0 saturated heterocycles. The van der Waals surface area contributed by atoms with Crippen LogP contribution in [0, 0.1) is 10.1 Å². The summed E-state index contributed by atoms with van der Waals surface area (Å²) in [5.41, 5.74) is 2.98. The average molecular weight is 287 g/mol. The highest BCUT2D eigenvalue weighted by molar-refractivity contribution is 7.80. The third-order valence-electron chi connectivity index (χ3n) is 1.88. The van der Waals surface area contributed by atoms with E-state index < -0.39 is 4.92 Å². The molecule has 0 aromatic heterocycles. The van der Waals surface area contributed by atoms with Crippen molar-refractivity contribution in [3.63, 3.8) is 0 Å². The highest BCUT2D eigenvalue weighted by atomic mass is 35.5. The molecule has 0 fully saturated rings. The monoisotopic (exact) mass is 286 g/mol. The molecule has 0 aliphatic heterocycles. The van der Waals surface area contributed by atoms with E-state index in [9.17, 15) is 10.1 Å². The van der Waals surface area contributed by atoms with Gasteiger partial charge in [0.1, 0.15) is 5.02 Å². The zero-order chi connectivity index (χ0) is 13.5. The SMILES string of the molecule is CCNC(=S)N/N=C/c1ccc(Cl)c([N+](=O)[O-])c1. The van der Waals surface area contributed by atoms with Crippen LogP contribution in [0.4, 0.5) is 5.69 Å². The van der Waals surface area contributed by atoms with Gasteiger partial charge in [-0.15, -0.1) is 0 Å². The Hall–Kier alpha value is -1.73. The summed E-state index contributed by atoms with van der Waals surface area (Å²) in [6.45, 7) is 2.59. The first-order valence-electron chi connectivity index (χ1n) is 5.05. The van der Waals surface area contributed by atoms with Crippen molar-refractivity contribution in [2.75, 3.05) is 6.54 Å². The molecule has 0 amide bonds. The number of nitro groups is 1. The Kier molecular flexibility index (Phi) is 5.47. The van der Waals surface area contributed by atoms with Gasteiger partial charge in [0.05, 0.1) is 11.1 Å². The molecule has 0 aliphatic carbocycles. The van der Waals surface area contributed by atoms with E-state index >= 15 is 0 Å². The largest absolute Gasteiger partial charge is 0.362 e. The lowest BCUT2D eigenvalue weighted by atomic mass is 10.2. The number of hydrogen-bond acceptors (Lipinski definition) is 4. The summed E-state index contributed by atoms with van der Waals surface area (Å²) in [4.78, 5) is 10.1. The van der Waals surface area contributed by atoms with Crippen LogP contribution < -0.4 is 10.7 Å². The number of nitrogens with zero attached hydrogens (tertiary/aromatic N) is 2. The predicted octanol–water partition coefficient (Wildman–Crippen LogP) is 2.07. The van der Waals surface area contributed by atoms with Crippen LogP contribution in [0.2, 0.25) is 5.02 Å². The number of nitro benzene ring substituents is 1. The van der Waals surface area contributed by atoms with Crippen molar-refractivity contribution in [3.05, 3.63) is 38.9 Å². The van der Waals surface area contributed by atoms with Crippen LogP contribution in [-0.2, 0) is 0 Å². The molecule has 0 heterocycles. The Balaban J connectivity index is 2.73. The van der Waals surface area contributed by atoms with Gasteiger partial charge in [0.15, 0.2) is 5.11 Å². The van der Waals surface area contributed by atoms with Gasteiger partial charge < -0.3 is 5.32 Å². The molecule has 0 atom stereocenters. The maximum absolute atomic E-state index is 10.7. The molecule has 0 radical (unpaired) electrons. The topological polar surface area (TPSA) is 79.6 Å². The molecule has 0 aliphatic rings. The van der Waals surface area contributed by atoms with Gasteiger partial charge in [0.2, 0.25) is 0 Å². The van der Waals surface area contributed by atoms with Crippen molar-refractivity contribution in [2.24, 2.45) is 5.10 Å². The fraction of sp³-hybridized carbons (Fsp3) is 0.200. The molecule has 0 unspecified atom stereocenters. The Labute approximate surface area is 114 Å². The van der Waals surface area contributed by atoms with Gasteiger partial charge >= 0.3 is 0 Å². The third kappa shape index (κ3) is 4.27. The number of thiocarbonyl (C=S) groups is 1. The molecule has 18 heavy (non-hydrogen) atoms. The number of hydrazone groups is 1. The summed E-state index contributed by atoms with van der Waals surface area (Å²) in [5.74, 6) is 0. The summed E-state index contributed by atoms with van der Waals surface area (Å²) in [5, 5.41) is 17.8. The number of hydrogen-bond donors (Lipinski definition) is 2. The van der Waals surface area contributed by atoms with Crippen LogP contribution >= 0.6 is 23.8 Å². The van der Waals surface area contributed by atoms with Gasteiger partial charge in [-0.3, -0.25) is 15.5 Å². The van der Waals surface area contributed by atoms with Crippen molar-refractivity contribution in [1.82, 2.24) is 10.7 Å². The molecule has 2 N–H and O–H groups in total. The molecule has 6 nitrogen and oxygen atoms in total. The summed E-state index contributed by atoms with van der Waals surface area (Å²) in [7, 11) is 0. The van der Waals surface area contributed by atoms with Crippen LogP contribution in [0.15, 0.2) is 23.3 Å². The Morgan fingerprint density at radius 1 is 1.67 bits per heavy atom. The van der Waals surface area contributed by atoms with Crippen LogP contribution in [0.25, 0.3) is 0 Å². The van der Waals surface area contributed by atoms with Crippen LogP contribution in [-0.4, -0.2) is 22.8 Å². The zero-order valence-corrected chi connectivity index (χ0v) is 11.1. The van der Waals surface area contributed by atoms with Crippen molar-refractivity contribution in [1.29, 1.82) is 0 Å². The molecule has 96 valence electrons. The molecule has 8 heteroatoms. The van der Waals surface area contributed by atoms with Crippen LogP contribution in [0.3, 0.4) is 0 Å². The van der Waals surface area contributed by atoms with E-state index in [0.717, 1.165) is 0 Å². The second-order valence-electron chi connectivity index (χ2n) is 3.20. The van der Waals surface area contributed by atoms with E-state index in [1.165, 1.54) is 18.3 Å². The minimum absolute atomic E-state index is 0.0910. The third-order valence-corrected chi connectivity index (χ3v) is 2.44. The molecule has 0 bridgehead atoms. The minimum atomic E-state index is -0.545. The Morgan fingerprint density at radius 3 is 3.00 bits per heavy atom. The van der Waals surface area contributed by atoms with Crippen molar-refractivity contribution < 1.29 is 4.92 Å². The zero-order valence-electron chi connectivity index (χ0n) is 9.51. The fourth-order valence-corrected chi connectivity index (χ4v) is 1.50. The van der Waals surface area contributed by atoms with Gasteiger partial charge in [-0.1, -0.05) is 17.7 Å². The van der Waals surface area contributed by atoms with Crippen molar-refractivity contribution >= 4 is 40.8 Å². The van der Waals surface area contributed by atoms with Crippen molar-refractivity contribution in [3.8, 4) is 0 Å². The molecular formula is C10H11ClN4O2S. The number of halogens is 1. The fourth-order valence-electron chi connectivity index (χ4n) is 1.12. The van der Waals surface area contributed by atoms with Crippen LogP contribution in [0.1, 0.15) is 12.5 Å². The summed E-state index contributed by atoms with van der Waals surface area (Å²) >= 11 is 10.6. The lowest BCUT2D eigenvalue weighted by Crippen LogP contribution is -2.31. The number of nitrogens with one attached hydrogen (secondary N) is 2. The molecule has 0 spiro atoms. The van der Waals surface area contributed by atoms with E-state index in [2.05, 4.69) is 15.8 Å². The standard InChI is InChI=1S/C10H11ClN4O2S/c1-2-12-10(18)14-13-6-7-3-4-8(11)9(5-7)15(16)17/h3-6H,2H2,1H3,(H2,12,14,18)/b13-6+. The highest BCUT2D eigenvalue weighted by Gasteiger charge is 2.11. The number of rotatable bonds is 4. The Morgan fingerprint density at radius 2 is 2.39 bits per heavy atom. The van der Waals surface area contributed by atoms with E-state index in [-0.39, 0.29) is 10.7 Å². The number of benzene rings is 1. The average Bonchev–Trinajstić information content (AvgIpc) is 2.31. The van der Waals surface area contributed by atoms with Gasteiger partial charge in [0.25, 0.3) is 5.69 Å². The van der Waals surface area contributed by atoms with E-state index in [0.29, 0.717) is 17.2 Å². The first-order valence-corrected chi connectivity index (χ1v) is 5.84. The first-order chi connectivity index (χ1) is 8.54. The lowest BCUT2D eigenvalue weighted by Gasteiger charge is -2.02. The quantitative estimate of drug-likeness (QED) is 0.383. The molecular weight excluding hydrogens is 276 g/mol. The van der Waals surface area contributed by atoms with Gasteiger partial charge in [0, 0.05) is 18.2 Å². The summed E-state index contributed by atoms with van der Waals surface area (Å²) in [6, 6.07) is 4.41. The van der Waals surface area contributed by atoms with Crippen LogP contribution in [0.5, 0.6) is 0 Å². The van der Waals surface area contributed by atoms with Gasteiger partial charge in [-0.25, -0.2) is 0 Å². The summed E-state index contributed by atoms with van der Waals surface area (Å²) < 4.78 is 0. The maximum Gasteiger partial charge on any atom is 0.288 e. The predicted molar refractivity (Wildman–Crippen MR) is 75.1 cm³/mol. The van der Waals surface area contributed by atoms with Crippen molar-refractivity contribution in [2.45, 2.75) is 6.92 Å². The second kappa shape index (κ2) is 6.87. The normalized spacial score (nSPS) is 10.3. The minimum Gasteiger partial charge on any atom is -0.362 e. The summed E-state index contributed by atoms with van der Waals surface area (Å²) in [6.07, 6.45) is 1.42. The lowest BCUT2D eigenvalue weighted by molar-refractivity contribution is -0.384. The highest BCUT2D eigenvalue weighted by Crippen LogP contribution is 2.24. The Bertz CT molecular complexity index is 493. The first kappa shape index (κ1) is 14.3. The van der Waals surface area contributed by atoms with Gasteiger partial charge in [-0.05, 0) is 25.2 Å².